The fourth-order valence-corrected chi connectivity index (χ4v) is 2.73. The molecule has 22 heavy (non-hydrogen) atoms. The predicted molar refractivity (Wildman–Crippen MR) is 86.9 cm³/mol. The van der Waals surface area contributed by atoms with Gasteiger partial charge in [0, 0.05) is 12.6 Å². The third-order valence-corrected chi connectivity index (χ3v) is 3.83. The fraction of sp³-hybridized carbons (Fsp3) is 0.278. The van der Waals surface area contributed by atoms with E-state index >= 15 is 0 Å². The summed E-state index contributed by atoms with van der Waals surface area (Å²) in [4.78, 5) is 14.4. The number of hydrogen-bond acceptors (Lipinski definition) is 3. The Morgan fingerprint density at radius 3 is 2.82 bits per heavy atom. The van der Waals surface area contributed by atoms with Crippen molar-refractivity contribution in [3.8, 4) is 11.5 Å². The van der Waals surface area contributed by atoms with Crippen molar-refractivity contribution in [3.05, 3.63) is 60.2 Å². The Labute approximate surface area is 130 Å². The number of hydrogen-bond donors (Lipinski definition) is 2. The summed E-state index contributed by atoms with van der Waals surface area (Å²) >= 11 is 0. The molecule has 1 fully saturated rings. The zero-order valence-electron chi connectivity index (χ0n) is 12.7. The molecule has 1 amide bonds. The minimum absolute atomic E-state index is 0.0330. The van der Waals surface area contributed by atoms with Gasteiger partial charge in [0.2, 0.25) is 0 Å². The number of rotatable bonds is 4. The number of carbonyl (C=O) groups is 1. The van der Waals surface area contributed by atoms with E-state index in [2.05, 4.69) is 6.58 Å². The summed E-state index contributed by atoms with van der Waals surface area (Å²) in [6.45, 7) is 6.41. The molecule has 1 aliphatic heterocycles. The molecule has 0 aliphatic carbocycles. The molecular formula is C18H21NO3. The van der Waals surface area contributed by atoms with Crippen LogP contribution in [-0.4, -0.2) is 33.6 Å². The van der Waals surface area contributed by atoms with E-state index in [1.165, 1.54) is 18.2 Å². The monoisotopic (exact) mass is 299 g/mol. The fourth-order valence-electron chi connectivity index (χ4n) is 2.73. The highest BCUT2D eigenvalue weighted by molar-refractivity contribution is 5.97. The van der Waals surface area contributed by atoms with Gasteiger partial charge in [-0.2, -0.15) is 0 Å². The van der Waals surface area contributed by atoms with Gasteiger partial charge in [0.1, 0.15) is 11.5 Å². The number of aromatic hydroxyl groups is 2. The van der Waals surface area contributed by atoms with Crippen LogP contribution in [0.2, 0.25) is 0 Å². The van der Waals surface area contributed by atoms with Crippen LogP contribution >= 0.6 is 0 Å². The third kappa shape index (κ3) is 3.22. The van der Waals surface area contributed by atoms with E-state index in [9.17, 15) is 15.0 Å². The predicted octanol–water partition coefficient (Wildman–Crippen LogP) is 3.39. The van der Waals surface area contributed by atoms with Gasteiger partial charge in [-0.25, -0.2) is 0 Å². The summed E-state index contributed by atoms with van der Waals surface area (Å²) < 4.78 is 0. The summed E-state index contributed by atoms with van der Waals surface area (Å²) in [5.74, 6) is -0.492. The molecule has 1 unspecified atom stereocenters. The number of phenolic OH excluding ortho intramolecular Hbond substituents is 2. The van der Waals surface area contributed by atoms with Gasteiger partial charge in [-0.05, 0) is 37.5 Å². The lowest BCUT2D eigenvalue weighted by Gasteiger charge is -2.26. The first-order valence-electron chi connectivity index (χ1n) is 7.36. The molecule has 0 radical (unpaired) electrons. The minimum atomic E-state index is -0.228. The van der Waals surface area contributed by atoms with Crippen LogP contribution in [0.15, 0.2) is 54.7 Å². The van der Waals surface area contributed by atoms with Crippen molar-refractivity contribution < 1.29 is 15.0 Å². The number of benzene rings is 1. The second-order valence-electron chi connectivity index (χ2n) is 5.25. The van der Waals surface area contributed by atoms with E-state index < -0.39 is 0 Å². The van der Waals surface area contributed by atoms with E-state index in [0.29, 0.717) is 6.54 Å². The Hall–Kier alpha value is -2.49. The van der Waals surface area contributed by atoms with Crippen molar-refractivity contribution in [2.75, 3.05) is 6.54 Å². The second kappa shape index (κ2) is 6.98. The van der Waals surface area contributed by atoms with Crippen LogP contribution in [0.25, 0.3) is 0 Å². The van der Waals surface area contributed by atoms with Crippen molar-refractivity contribution in [2.45, 2.75) is 25.8 Å². The average molecular weight is 299 g/mol. The molecule has 1 aliphatic rings. The van der Waals surface area contributed by atoms with E-state index in [4.69, 9.17) is 0 Å². The first-order chi connectivity index (χ1) is 10.6. The Balaban J connectivity index is 2.30. The van der Waals surface area contributed by atoms with Gasteiger partial charge in [-0.1, -0.05) is 30.9 Å². The highest BCUT2D eigenvalue weighted by atomic mass is 16.3. The van der Waals surface area contributed by atoms with E-state index in [1.807, 2.05) is 25.2 Å². The van der Waals surface area contributed by atoms with Gasteiger partial charge in [0.05, 0.1) is 11.6 Å². The van der Waals surface area contributed by atoms with Crippen molar-refractivity contribution in [3.63, 3.8) is 0 Å². The largest absolute Gasteiger partial charge is 0.508 e. The summed E-state index contributed by atoms with van der Waals surface area (Å²) in [6.07, 6.45) is 9.37. The molecule has 1 aromatic rings. The molecule has 1 atom stereocenters. The van der Waals surface area contributed by atoms with Crippen LogP contribution in [0.5, 0.6) is 11.5 Å². The standard InChI is InChI=1S/C18H21NO3/c1-3-5-7-13(4-2)16-8-6-11-19(16)18(22)15-10-9-14(20)12-17(15)21/h3-5,7,9-10,12,16,20-21H,2,6,8,11H2,1H3/b5-3-,13-7+. The molecule has 1 saturated heterocycles. The summed E-state index contributed by atoms with van der Waals surface area (Å²) in [5.41, 5.74) is 1.20. The number of likely N-dealkylation sites (tertiary alicyclic amines) is 1. The highest BCUT2D eigenvalue weighted by Crippen LogP contribution is 2.30. The van der Waals surface area contributed by atoms with Gasteiger partial charge >= 0.3 is 0 Å². The van der Waals surface area contributed by atoms with Crippen LogP contribution < -0.4 is 0 Å². The van der Waals surface area contributed by atoms with Crippen molar-refractivity contribution in [1.82, 2.24) is 4.90 Å². The van der Waals surface area contributed by atoms with Crippen LogP contribution in [0, 0.1) is 0 Å². The number of nitrogens with zero attached hydrogens (tertiary/aromatic N) is 1. The highest BCUT2D eigenvalue weighted by Gasteiger charge is 2.31. The number of amides is 1. The van der Waals surface area contributed by atoms with Crippen LogP contribution in [0.3, 0.4) is 0 Å². The zero-order chi connectivity index (χ0) is 16.1. The lowest BCUT2D eigenvalue weighted by atomic mass is 10.0. The van der Waals surface area contributed by atoms with Gasteiger partial charge in [0.15, 0.2) is 0 Å². The van der Waals surface area contributed by atoms with Gasteiger partial charge in [-0.15, -0.1) is 0 Å². The normalized spacial score (nSPS) is 18.9. The SMILES string of the molecule is C=C/C(=C\C=C/C)C1CCCN1C(=O)c1ccc(O)cc1O. The summed E-state index contributed by atoms with van der Waals surface area (Å²) in [5, 5.41) is 19.2. The number of allylic oxidation sites excluding steroid dienone is 3. The van der Waals surface area contributed by atoms with E-state index in [1.54, 1.807) is 11.0 Å². The first kappa shape index (κ1) is 15.9. The zero-order valence-corrected chi connectivity index (χ0v) is 12.7. The number of phenols is 2. The maximum Gasteiger partial charge on any atom is 0.258 e. The van der Waals surface area contributed by atoms with Crippen LogP contribution in [0.4, 0.5) is 0 Å². The summed E-state index contributed by atoms with van der Waals surface area (Å²) in [6, 6.07) is 4.00. The Morgan fingerprint density at radius 2 is 2.18 bits per heavy atom. The Morgan fingerprint density at radius 1 is 1.41 bits per heavy atom. The molecule has 2 N–H and O–H groups in total. The van der Waals surface area contributed by atoms with Gasteiger partial charge < -0.3 is 15.1 Å². The van der Waals surface area contributed by atoms with Crippen LogP contribution in [-0.2, 0) is 0 Å². The van der Waals surface area contributed by atoms with Crippen molar-refractivity contribution in [2.24, 2.45) is 0 Å². The molecule has 4 heteroatoms. The minimum Gasteiger partial charge on any atom is -0.508 e. The van der Waals surface area contributed by atoms with Crippen molar-refractivity contribution >= 4 is 5.91 Å². The molecule has 0 aromatic heterocycles. The molecule has 116 valence electrons. The van der Waals surface area contributed by atoms with Gasteiger partial charge in [-0.3, -0.25) is 4.79 Å². The molecule has 1 aromatic carbocycles. The summed E-state index contributed by atoms with van der Waals surface area (Å²) in [7, 11) is 0. The Kier molecular flexibility index (Phi) is 5.04. The lowest BCUT2D eigenvalue weighted by Crippen LogP contribution is -2.36. The Bertz CT molecular complexity index is 631. The van der Waals surface area contributed by atoms with E-state index in [0.717, 1.165) is 18.4 Å². The second-order valence-corrected chi connectivity index (χ2v) is 5.25. The molecule has 0 spiro atoms. The molecular weight excluding hydrogens is 278 g/mol. The van der Waals surface area contributed by atoms with E-state index in [-0.39, 0.29) is 29.0 Å². The maximum atomic E-state index is 12.7. The topological polar surface area (TPSA) is 60.8 Å². The molecule has 4 nitrogen and oxygen atoms in total. The molecule has 2 rings (SSSR count). The quantitative estimate of drug-likeness (QED) is 0.838. The molecule has 1 heterocycles. The lowest BCUT2D eigenvalue weighted by molar-refractivity contribution is 0.0754. The molecule has 0 bridgehead atoms. The number of carbonyl (C=O) groups excluding carboxylic acids is 1. The maximum absolute atomic E-state index is 12.7. The third-order valence-electron chi connectivity index (χ3n) is 3.83. The average Bonchev–Trinajstić information content (AvgIpc) is 2.97. The smallest absolute Gasteiger partial charge is 0.258 e. The molecule has 0 saturated carbocycles. The van der Waals surface area contributed by atoms with Gasteiger partial charge in [0.25, 0.3) is 5.91 Å². The first-order valence-corrected chi connectivity index (χ1v) is 7.36. The van der Waals surface area contributed by atoms with Crippen LogP contribution in [0.1, 0.15) is 30.1 Å². The van der Waals surface area contributed by atoms with Crippen molar-refractivity contribution in [1.29, 1.82) is 0 Å².